The first-order valence-corrected chi connectivity index (χ1v) is 9.57. The van der Waals surface area contributed by atoms with Crippen LogP contribution in [0.25, 0.3) is 0 Å². The molecule has 2 bridgehead atoms. The molecule has 1 aromatic rings. The fraction of sp³-hybridized carbons (Fsp3) is 0.619. The number of Topliss-reactive ketones (excluding diaryl/α,β-unsaturated/α-hetero) is 1. The summed E-state index contributed by atoms with van der Waals surface area (Å²) in [5.74, 6) is 0.553. The first kappa shape index (κ1) is 18.9. The lowest BCUT2D eigenvalue weighted by Crippen LogP contribution is -2.60. The van der Waals surface area contributed by atoms with Crippen LogP contribution in [0.2, 0.25) is 0 Å². The van der Waals surface area contributed by atoms with Crippen LogP contribution in [0.4, 0.5) is 0 Å². The van der Waals surface area contributed by atoms with E-state index in [0.29, 0.717) is 12.8 Å². The molecule has 26 heavy (non-hydrogen) atoms. The molecule has 142 valence electrons. The monoisotopic (exact) mass is 359 g/mol. The first-order valence-electron chi connectivity index (χ1n) is 9.57. The quantitative estimate of drug-likeness (QED) is 0.552. The summed E-state index contributed by atoms with van der Waals surface area (Å²) in [4.78, 5) is 28.2. The van der Waals surface area contributed by atoms with Crippen molar-refractivity contribution in [3.8, 4) is 5.75 Å². The standard InChI is InChI=1S/C21H29NO4/c1-4-5-11-21(20(24)26-3)18-10-9-16(13-19(21)23)22(18)14-15-7-6-8-17(12-15)25-2/h6-8,12,16,18H,4-5,9-11,13-14H2,1-3H3. The van der Waals surface area contributed by atoms with Crippen LogP contribution >= 0.6 is 0 Å². The summed E-state index contributed by atoms with van der Waals surface area (Å²) in [7, 11) is 3.06. The van der Waals surface area contributed by atoms with Crippen molar-refractivity contribution in [1.82, 2.24) is 4.90 Å². The van der Waals surface area contributed by atoms with Crippen LogP contribution in [0.15, 0.2) is 24.3 Å². The molecule has 2 aliphatic rings. The van der Waals surface area contributed by atoms with Gasteiger partial charge in [0.15, 0.2) is 5.78 Å². The van der Waals surface area contributed by atoms with Crippen LogP contribution < -0.4 is 4.74 Å². The lowest BCUT2D eigenvalue weighted by molar-refractivity contribution is -0.167. The van der Waals surface area contributed by atoms with Crippen LogP contribution in [-0.2, 0) is 20.9 Å². The number of hydrogen-bond donors (Lipinski definition) is 0. The zero-order chi connectivity index (χ0) is 18.7. The molecule has 5 nitrogen and oxygen atoms in total. The first-order chi connectivity index (χ1) is 12.6. The molecule has 0 saturated carbocycles. The van der Waals surface area contributed by atoms with E-state index in [1.165, 1.54) is 7.11 Å². The summed E-state index contributed by atoms with van der Waals surface area (Å²) in [6, 6.07) is 8.16. The van der Waals surface area contributed by atoms with Gasteiger partial charge in [-0.15, -0.1) is 0 Å². The molecule has 3 rings (SSSR count). The average Bonchev–Trinajstić information content (AvgIpc) is 2.97. The fourth-order valence-electron chi connectivity index (χ4n) is 4.78. The summed E-state index contributed by atoms with van der Waals surface area (Å²) >= 11 is 0. The van der Waals surface area contributed by atoms with Gasteiger partial charge in [0.05, 0.1) is 14.2 Å². The number of hydrogen-bond acceptors (Lipinski definition) is 5. The smallest absolute Gasteiger partial charge is 0.320 e. The van der Waals surface area contributed by atoms with E-state index in [0.717, 1.165) is 43.5 Å². The van der Waals surface area contributed by atoms with Crippen molar-refractivity contribution in [2.24, 2.45) is 5.41 Å². The summed E-state index contributed by atoms with van der Waals surface area (Å²) in [5.41, 5.74) is 0.140. The molecule has 2 fully saturated rings. The minimum atomic E-state index is -1.00. The predicted molar refractivity (Wildman–Crippen MR) is 98.9 cm³/mol. The normalized spacial score (nSPS) is 28.2. The number of methoxy groups -OCH3 is 2. The second-order valence-corrected chi connectivity index (χ2v) is 7.46. The predicted octanol–water partition coefficient (Wildman–Crippen LogP) is 3.35. The van der Waals surface area contributed by atoms with Gasteiger partial charge in [-0.25, -0.2) is 0 Å². The van der Waals surface area contributed by atoms with Crippen molar-refractivity contribution >= 4 is 11.8 Å². The maximum Gasteiger partial charge on any atom is 0.320 e. The zero-order valence-corrected chi connectivity index (χ0v) is 16.0. The number of benzene rings is 1. The Hall–Kier alpha value is -1.88. The van der Waals surface area contributed by atoms with Crippen molar-refractivity contribution in [3.63, 3.8) is 0 Å². The fourth-order valence-corrected chi connectivity index (χ4v) is 4.78. The van der Waals surface area contributed by atoms with E-state index in [1.807, 2.05) is 18.2 Å². The molecule has 2 aliphatic heterocycles. The van der Waals surface area contributed by atoms with Crippen molar-refractivity contribution < 1.29 is 19.1 Å². The van der Waals surface area contributed by atoms with Crippen LogP contribution in [-0.4, -0.2) is 43.0 Å². The highest BCUT2D eigenvalue weighted by molar-refractivity contribution is 6.05. The van der Waals surface area contributed by atoms with Crippen LogP contribution in [0, 0.1) is 5.41 Å². The molecule has 0 amide bonds. The Balaban J connectivity index is 1.92. The van der Waals surface area contributed by atoms with Gasteiger partial charge in [0.2, 0.25) is 0 Å². The Labute approximate surface area is 155 Å². The Morgan fingerprint density at radius 2 is 2.12 bits per heavy atom. The van der Waals surface area contributed by atoms with Gasteiger partial charge in [0.1, 0.15) is 11.2 Å². The third-order valence-electron chi connectivity index (χ3n) is 6.10. The third-order valence-corrected chi connectivity index (χ3v) is 6.10. The van der Waals surface area contributed by atoms with Gasteiger partial charge in [-0.3, -0.25) is 14.5 Å². The average molecular weight is 359 g/mol. The zero-order valence-electron chi connectivity index (χ0n) is 16.0. The lowest BCUT2D eigenvalue weighted by Gasteiger charge is -2.45. The summed E-state index contributed by atoms with van der Waals surface area (Å²) in [6.45, 7) is 2.81. The van der Waals surface area contributed by atoms with Crippen LogP contribution in [0.3, 0.4) is 0 Å². The van der Waals surface area contributed by atoms with Crippen LogP contribution in [0.1, 0.15) is 51.0 Å². The molecule has 0 N–H and O–H groups in total. The number of piperidine rings is 1. The second kappa shape index (κ2) is 7.78. The Morgan fingerprint density at radius 1 is 1.31 bits per heavy atom. The van der Waals surface area contributed by atoms with Gasteiger partial charge in [-0.2, -0.15) is 0 Å². The molecule has 0 spiro atoms. The van der Waals surface area contributed by atoms with Gasteiger partial charge in [-0.1, -0.05) is 31.9 Å². The number of carbonyl (C=O) groups is 2. The Bertz CT molecular complexity index is 674. The maximum atomic E-state index is 13.0. The summed E-state index contributed by atoms with van der Waals surface area (Å²) < 4.78 is 10.5. The number of rotatable bonds is 7. The largest absolute Gasteiger partial charge is 0.497 e. The van der Waals surface area contributed by atoms with Gasteiger partial charge in [-0.05, 0) is 37.0 Å². The van der Waals surface area contributed by atoms with Gasteiger partial charge >= 0.3 is 5.97 Å². The Kier molecular flexibility index (Phi) is 5.66. The topological polar surface area (TPSA) is 55.8 Å². The van der Waals surface area contributed by atoms with Crippen molar-refractivity contribution in [1.29, 1.82) is 0 Å². The highest BCUT2D eigenvalue weighted by atomic mass is 16.5. The molecule has 5 heteroatoms. The van der Waals surface area contributed by atoms with Crippen molar-refractivity contribution in [3.05, 3.63) is 29.8 Å². The highest BCUT2D eigenvalue weighted by Crippen LogP contribution is 2.48. The van der Waals surface area contributed by atoms with Crippen molar-refractivity contribution in [2.45, 2.75) is 64.1 Å². The molecule has 0 radical (unpaired) electrons. The lowest BCUT2D eigenvalue weighted by atomic mass is 9.69. The number of unbranched alkanes of at least 4 members (excludes halogenated alkanes) is 1. The molecule has 2 heterocycles. The van der Waals surface area contributed by atoms with E-state index in [2.05, 4.69) is 17.9 Å². The molecule has 3 atom stereocenters. The number of ketones is 1. The van der Waals surface area contributed by atoms with Crippen LogP contribution in [0.5, 0.6) is 5.75 Å². The van der Waals surface area contributed by atoms with Gasteiger partial charge < -0.3 is 9.47 Å². The minimum Gasteiger partial charge on any atom is -0.497 e. The van der Waals surface area contributed by atoms with E-state index >= 15 is 0 Å². The van der Waals surface area contributed by atoms with E-state index < -0.39 is 5.41 Å². The number of carbonyl (C=O) groups excluding carboxylic acids is 2. The Morgan fingerprint density at radius 3 is 2.81 bits per heavy atom. The molecule has 3 unspecified atom stereocenters. The molecular weight excluding hydrogens is 330 g/mol. The third kappa shape index (κ3) is 3.13. The molecule has 0 aliphatic carbocycles. The van der Waals surface area contributed by atoms with Gasteiger partial charge in [0.25, 0.3) is 0 Å². The highest BCUT2D eigenvalue weighted by Gasteiger charge is 2.60. The van der Waals surface area contributed by atoms with Gasteiger partial charge in [0, 0.05) is 25.0 Å². The maximum absolute atomic E-state index is 13.0. The number of ether oxygens (including phenoxy) is 2. The van der Waals surface area contributed by atoms with E-state index in [4.69, 9.17) is 9.47 Å². The van der Waals surface area contributed by atoms with E-state index in [1.54, 1.807) is 7.11 Å². The molecular formula is C21H29NO4. The number of esters is 1. The van der Waals surface area contributed by atoms with Crippen molar-refractivity contribution in [2.75, 3.05) is 14.2 Å². The SMILES string of the molecule is CCCCC1(C(=O)OC)C(=O)CC2CCC1N2Cc1cccc(OC)c1. The molecule has 1 aromatic carbocycles. The molecule has 2 saturated heterocycles. The minimum absolute atomic E-state index is 0.0704. The number of fused-ring (bicyclic) bond motifs is 2. The second-order valence-electron chi connectivity index (χ2n) is 7.46. The van der Waals surface area contributed by atoms with E-state index in [9.17, 15) is 9.59 Å². The number of nitrogens with zero attached hydrogens (tertiary/aromatic N) is 1. The molecule has 0 aromatic heterocycles. The summed E-state index contributed by atoms with van der Waals surface area (Å²) in [6.07, 6.45) is 4.68. The summed E-state index contributed by atoms with van der Waals surface area (Å²) in [5, 5.41) is 0. The van der Waals surface area contributed by atoms with E-state index in [-0.39, 0.29) is 23.8 Å².